The monoisotopic (exact) mass is 278 g/mol. The Morgan fingerprint density at radius 1 is 1.40 bits per heavy atom. The second-order valence-corrected chi connectivity index (χ2v) is 4.54. The smallest absolute Gasteiger partial charge is 0.251 e. The van der Waals surface area contributed by atoms with Crippen LogP contribution in [-0.4, -0.2) is 43.3 Å². The Hall–Kier alpha value is -1.92. The minimum absolute atomic E-state index is 0.00817. The molecule has 1 heterocycles. The molecule has 0 fully saturated rings. The third-order valence-corrected chi connectivity index (χ3v) is 2.98. The second kappa shape index (κ2) is 7.02. The van der Waals surface area contributed by atoms with Gasteiger partial charge in [-0.3, -0.25) is 9.59 Å². The number of carbonyl (C=O) groups excluding carboxylic acids is 2. The molecule has 0 radical (unpaired) electrons. The number of carbonyl (C=O) groups is 2. The third kappa shape index (κ3) is 3.79. The molecule has 0 spiro atoms. The summed E-state index contributed by atoms with van der Waals surface area (Å²) < 4.78 is 5.10. The molecule has 3 N–H and O–H groups in total. The number of rotatable bonds is 7. The number of nitrogens with one attached hydrogen (secondary N) is 2. The fourth-order valence-electron chi connectivity index (χ4n) is 2.02. The Morgan fingerprint density at radius 2 is 2.25 bits per heavy atom. The van der Waals surface area contributed by atoms with E-state index in [0.29, 0.717) is 38.2 Å². The first-order chi connectivity index (χ1) is 9.70. The first kappa shape index (κ1) is 14.5. The highest BCUT2D eigenvalue weighted by molar-refractivity contribution is 6.01. The van der Waals surface area contributed by atoms with Crippen LogP contribution in [0.1, 0.15) is 22.3 Å². The quantitative estimate of drug-likeness (QED) is 0.626. The molecule has 0 saturated heterocycles. The average Bonchev–Trinajstić information content (AvgIpc) is 2.81. The second-order valence-electron chi connectivity index (χ2n) is 4.54. The summed E-state index contributed by atoms with van der Waals surface area (Å²) >= 11 is 0. The van der Waals surface area contributed by atoms with Crippen LogP contribution < -0.4 is 10.6 Å². The van der Waals surface area contributed by atoms with Crippen LogP contribution in [0.4, 0.5) is 5.69 Å². The lowest BCUT2D eigenvalue weighted by atomic mass is 10.1. The molecule has 0 saturated carbocycles. The molecule has 108 valence electrons. The van der Waals surface area contributed by atoms with Gasteiger partial charge in [0.15, 0.2) is 0 Å². The molecule has 0 bridgehead atoms. The number of aliphatic hydroxyl groups excluding tert-OH is 1. The fraction of sp³-hybridized carbons (Fsp3) is 0.429. The van der Waals surface area contributed by atoms with E-state index >= 15 is 0 Å². The number of benzene rings is 1. The topological polar surface area (TPSA) is 87.7 Å². The van der Waals surface area contributed by atoms with Gasteiger partial charge >= 0.3 is 0 Å². The minimum atomic E-state index is -0.158. The lowest BCUT2D eigenvalue weighted by molar-refractivity contribution is -0.115. The summed E-state index contributed by atoms with van der Waals surface area (Å²) in [5, 5.41) is 14.1. The van der Waals surface area contributed by atoms with Crippen LogP contribution >= 0.6 is 0 Å². The van der Waals surface area contributed by atoms with Gasteiger partial charge < -0.3 is 20.5 Å². The normalized spacial score (nSPS) is 12.9. The van der Waals surface area contributed by atoms with Crippen LogP contribution in [0.2, 0.25) is 0 Å². The summed E-state index contributed by atoms with van der Waals surface area (Å²) in [6.07, 6.45) is 1.02. The molecule has 20 heavy (non-hydrogen) atoms. The van der Waals surface area contributed by atoms with Crippen molar-refractivity contribution in [3.8, 4) is 0 Å². The lowest BCUT2D eigenvalue weighted by Crippen LogP contribution is -2.25. The van der Waals surface area contributed by atoms with Crippen LogP contribution in [0.3, 0.4) is 0 Å². The molecule has 0 atom stereocenters. The molecule has 2 amide bonds. The zero-order chi connectivity index (χ0) is 14.4. The highest BCUT2D eigenvalue weighted by Gasteiger charge is 2.18. The molecule has 6 heteroatoms. The Labute approximate surface area is 117 Å². The van der Waals surface area contributed by atoms with Crippen molar-refractivity contribution >= 4 is 17.5 Å². The SMILES string of the molecule is O=C1Cc2cc(C(=O)NCCCOCCO)ccc2N1. The van der Waals surface area contributed by atoms with Crippen LogP contribution in [0.5, 0.6) is 0 Å². The molecule has 1 aromatic carbocycles. The number of ether oxygens (including phenoxy) is 1. The standard InChI is InChI=1S/C14H18N2O4/c17-5-7-20-6-1-4-15-14(19)10-2-3-12-11(8-10)9-13(18)16-12/h2-3,8,17H,1,4-7,9H2,(H,15,19)(H,16,18). The number of fused-ring (bicyclic) bond motifs is 1. The molecule has 0 unspecified atom stereocenters. The number of aliphatic hydroxyl groups is 1. The van der Waals surface area contributed by atoms with Crippen LogP contribution in [0.15, 0.2) is 18.2 Å². The summed E-state index contributed by atoms with van der Waals surface area (Å²) in [7, 11) is 0. The molecule has 1 aromatic rings. The van der Waals surface area contributed by atoms with Crippen molar-refractivity contribution < 1.29 is 19.4 Å². The van der Waals surface area contributed by atoms with Gasteiger partial charge in [0.2, 0.25) is 5.91 Å². The van der Waals surface area contributed by atoms with Gasteiger partial charge in [0.1, 0.15) is 0 Å². The van der Waals surface area contributed by atoms with Gasteiger partial charge in [0.05, 0.1) is 19.6 Å². The van der Waals surface area contributed by atoms with Crippen molar-refractivity contribution in [3.63, 3.8) is 0 Å². The van der Waals surface area contributed by atoms with Crippen LogP contribution in [-0.2, 0) is 16.0 Å². The Balaban J connectivity index is 1.79. The van der Waals surface area contributed by atoms with Gasteiger partial charge in [-0.2, -0.15) is 0 Å². The van der Waals surface area contributed by atoms with Crippen LogP contribution in [0.25, 0.3) is 0 Å². The summed E-state index contributed by atoms with van der Waals surface area (Å²) in [4.78, 5) is 23.2. The van der Waals surface area contributed by atoms with Gasteiger partial charge in [-0.15, -0.1) is 0 Å². The summed E-state index contributed by atoms with van der Waals surface area (Å²) in [5.41, 5.74) is 2.19. The van der Waals surface area contributed by atoms with E-state index in [0.717, 1.165) is 11.3 Å². The highest BCUT2D eigenvalue weighted by Crippen LogP contribution is 2.23. The van der Waals surface area contributed by atoms with Gasteiger partial charge in [0.25, 0.3) is 5.91 Å². The first-order valence-corrected chi connectivity index (χ1v) is 6.60. The van der Waals surface area contributed by atoms with Crippen molar-refractivity contribution in [1.29, 1.82) is 0 Å². The molecule has 0 aromatic heterocycles. The number of hydrogen-bond acceptors (Lipinski definition) is 4. The molecular weight excluding hydrogens is 260 g/mol. The molecule has 2 rings (SSSR count). The molecule has 6 nitrogen and oxygen atoms in total. The number of amides is 2. The van der Waals surface area contributed by atoms with E-state index in [1.165, 1.54) is 0 Å². The summed E-state index contributed by atoms with van der Waals surface area (Å²) in [5.74, 6) is -0.201. The summed E-state index contributed by atoms with van der Waals surface area (Å²) in [6.45, 7) is 1.34. The highest BCUT2D eigenvalue weighted by atomic mass is 16.5. The number of hydrogen-bond donors (Lipinski definition) is 3. The van der Waals surface area contributed by atoms with E-state index in [4.69, 9.17) is 9.84 Å². The zero-order valence-corrected chi connectivity index (χ0v) is 11.1. The Bertz CT molecular complexity index is 502. The Morgan fingerprint density at radius 3 is 3.05 bits per heavy atom. The lowest BCUT2D eigenvalue weighted by Gasteiger charge is -2.07. The average molecular weight is 278 g/mol. The first-order valence-electron chi connectivity index (χ1n) is 6.60. The van der Waals surface area contributed by atoms with Crippen molar-refractivity contribution in [2.45, 2.75) is 12.8 Å². The van der Waals surface area contributed by atoms with Gasteiger partial charge in [-0.25, -0.2) is 0 Å². The van der Waals surface area contributed by atoms with Crippen molar-refractivity contribution in [2.24, 2.45) is 0 Å². The van der Waals surface area contributed by atoms with Gasteiger partial charge in [-0.05, 0) is 30.2 Å². The minimum Gasteiger partial charge on any atom is -0.394 e. The molecule has 1 aliphatic heterocycles. The zero-order valence-electron chi connectivity index (χ0n) is 11.1. The van der Waals surface area contributed by atoms with E-state index < -0.39 is 0 Å². The predicted octanol–water partition coefficient (Wildman–Crippen LogP) is 0.310. The maximum Gasteiger partial charge on any atom is 0.251 e. The Kier molecular flexibility index (Phi) is 5.09. The maximum atomic E-state index is 11.9. The molecule has 1 aliphatic rings. The van der Waals surface area contributed by atoms with E-state index in [9.17, 15) is 9.59 Å². The molecular formula is C14H18N2O4. The molecule has 0 aliphatic carbocycles. The van der Waals surface area contributed by atoms with Crippen molar-refractivity contribution in [1.82, 2.24) is 5.32 Å². The van der Waals surface area contributed by atoms with E-state index in [2.05, 4.69) is 10.6 Å². The van der Waals surface area contributed by atoms with E-state index in [1.54, 1.807) is 18.2 Å². The van der Waals surface area contributed by atoms with E-state index in [1.807, 2.05) is 0 Å². The largest absolute Gasteiger partial charge is 0.394 e. The fourth-order valence-corrected chi connectivity index (χ4v) is 2.02. The van der Waals surface area contributed by atoms with Crippen molar-refractivity contribution in [3.05, 3.63) is 29.3 Å². The van der Waals surface area contributed by atoms with Gasteiger partial charge in [0, 0.05) is 24.4 Å². The van der Waals surface area contributed by atoms with Crippen LogP contribution in [0, 0.1) is 0 Å². The maximum absolute atomic E-state index is 11.9. The van der Waals surface area contributed by atoms with Gasteiger partial charge in [-0.1, -0.05) is 0 Å². The summed E-state index contributed by atoms with van der Waals surface area (Å²) in [6, 6.07) is 5.19. The van der Waals surface area contributed by atoms with E-state index in [-0.39, 0.29) is 18.4 Å². The van der Waals surface area contributed by atoms with Crippen molar-refractivity contribution in [2.75, 3.05) is 31.7 Å². The number of anilines is 1. The predicted molar refractivity (Wildman–Crippen MR) is 73.6 cm³/mol. The third-order valence-electron chi connectivity index (χ3n) is 2.98.